The van der Waals surface area contributed by atoms with E-state index in [0.717, 1.165) is 23.6 Å². The Balaban J connectivity index is 1.61. The summed E-state index contributed by atoms with van der Waals surface area (Å²) in [5.74, 6) is 1.14. The van der Waals surface area contributed by atoms with E-state index in [4.69, 9.17) is 15.2 Å². The summed E-state index contributed by atoms with van der Waals surface area (Å²) in [6.07, 6.45) is 5.84. The van der Waals surface area contributed by atoms with E-state index in [0.29, 0.717) is 31.3 Å². The number of amides is 2. The number of rotatable bonds is 12. The lowest BCUT2D eigenvalue weighted by atomic mass is 9.99. The third-order valence-electron chi connectivity index (χ3n) is 7.06. The maximum Gasteiger partial charge on any atom is 0.410 e. The predicted octanol–water partition coefficient (Wildman–Crippen LogP) is 4.96. The van der Waals surface area contributed by atoms with Gasteiger partial charge in [0.2, 0.25) is 5.91 Å². The number of hydrogen-bond acceptors (Lipinski definition) is 6. The first-order chi connectivity index (χ1) is 18.7. The van der Waals surface area contributed by atoms with Crippen molar-refractivity contribution in [1.29, 1.82) is 0 Å². The minimum Gasteiger partial charge on any atom is -0.490 e. The highest BCUT2D eigenvalue weighted by atomic mass is 16.6. The van der Waals surface area contributed by atoms with Crippen LogP contribution in [0, 0.1) is 5.92 Å². The molecule has 0 radical (unpaired) electrons. The van der Waals surface area contributed by atoms with Crippen molar-refractivity contribution in [3.8, 4) is 5.75 Å². The Labute approximate surface area is 233 Å². The molecule has 0 bridgehead atoms. The predicted molar refractivity (Wildman–Crippen MR) is 155 cm³/mol. The molecule has 2 aromatic carbocycles. The lowest BCUT2D eigenvalue weighted by Gasteiger charge is -2.30. The number of carbonyl (C=O) groups excluding carboxylic acids is 2. The number of fused-ring (bicyclic) bond motifs is 1. The average Bonchev–Trinajstić information content (AvgIpc) is 3.17. The third kappa shape index (κ3) is 10.3. The maximum absolute atomic E-state index is 13.2. The number of aliphatic hydroxyl groups is 1. The Morgan fingerprint density at radius 2 is 1.69 bits per heavy atom. The molecule has 1 fully saturated rings. The minimum absolute atomic E-state index is 0.00221. The van der Waals surface area contributed by atoms with Crippen LogP contribution in [0.15, 0.2) is 42.5 Å². The molecular weight excluding hydrogens is 494 g/mol. The van der Waals surface area contributed by atoms with Gasteiger partial charge in [-0.1, -0.05) is 62.1 Å². The van der Waals surface area contributed by atoms with Gasteiger partial charge in [-0.3, -0.25) is 4.79 Å². The van der Waals surface area contributed by atoms with E-state index in [-0.39, 0.29) is 32.0 Å². The zero-order valence-electron chi connectivity index (χ0n) is 23.9. The van der Waals surface area contributed by atoms with Crippen molar-refractivity contribution < 1.29 is 24.2 Å². The van der Waals surface area contributed by atoms with E-state index in [1.54, 1.807) is 20.8 Å². The minimum atomic E-state index is -0.960. The van der Waals surface area contributed by atoms with Crippen molar-refractivity contribution in [3.05, 3.63) is 42.5 Å². The molecule has 3 N–H and O–H groups in total. The van der Waals surface area contributed by atoms with Gasteiger partial charge in [0.15, 0.2) is 0 Å². The fourth-order valence-electron chi connectivity index (χ4n) is 5.12. The molecule has 8 nitrogen and oxygen atoms in total. The lowest BCUT2D eigenvalue weighted by Crippen LogP contribution is -2.45. The first-order valence-corrected chi connectivity index (χ1v) is 14.4. The Bertz CT molecular complexity index is 1040. The molecule has 3 rings (SSSR count). The van der Waals surface area contributed by atoms with Crippen molar-refractivity contribution in [1.82, 2.24) is 9.80 Å². The molecule has 1 aliphatic rings. The molecular formula is C31H47N3O5. The van der Waals surface area contributed by atoms with Crippen LogP contribution in [0.1, 0.15) is 65.7 Å². The van der Waals surface area contributed by atoms with Gasteiger partial charge in [-0.2, -0.15) is 0 Å². The monoisotopic (exact) mass is 541 g/mol. The largest absolute Gasteiger partial charge is 0.490 e. The second kappa shape index (κ2) is 15.1. The number of hydrogen-bond donors (Lipinski definition) is 2. The quantitative estimate of drug-likeness (QED) is 0.368. The molecule has 39 heavy (non-hydrogen) atoms. The number of ether oxygens (including phenoxy) is 2. The average molecular weight is 542 g/mol. The highest BCUT2D eigenvalue weighted by molar-refractivity contribution is 5.88. The van der Waals surface area contributed by atoms with E-state index in [2.05, 4.69) is 0 Å². The second-order valence-corrected chi connectivity index (χ2v) is 11.6. The molecule has 2 aromatic rings. The number of nitrogens with two attached hydrogens (primary N) is 1. The van der Waals surface area contributed by atoms with E-state index in [1.165, 1.54) is 30.6 Å². The van der Waals surface area contributed by atoms with Crippen molar-refractivity contribution in [2.75, 3.05) is 39.3 Å². The number of nitrogens with zero attached hydrogens (tertiary/aromatic N) is 2. The fourth-order valence-corrected chi connectivity index (χ4v) is 5.12. The van der Waals surface area contributed by atoms with Gasteiger partial charge in [-0.25, -0.2) is 4.79 Å². The van der Waals surface area contributed by atoms with Crippen LogP contribution in [0.25, 0.3) is 10.8 Å². The fraction of sp³-hybridized carbons (Fsp3) is 0.613. The van der Waals surface area contributed by atoms with Gasteiger partial charge >= 0.3 is 6.09 Å². The van der Waals surface area contributed by atoms with Crippen LogP contribution in [-0.4, -0.2) is 77.9 Å². The van der Waals surface area contributed by atoms with Gasteiger partial charge in [0, 0.05) is 38.0 Å². The van der Waals surface area contributed by atoms with Crippen LogP contribution < -0.4 is 10.5 Å². The first-order valence-electron chi connectivity index (χ1n) is 14.4. The standard InChI is InChI=1S/C31H47N3O5/c1-31(2,3)39-30(37)34(19-17-29(36)33(20-18-32)21-24-11-6-4-5-7-12-24)22-26(35)23-38-28-16-10-14-25-13-8-9-15-27(25)28/h8-10,13-16,24,26,35H,4-7,11-12,17-23,32H2,1-3H3/t26-/m0/s1. The highest BCUT2D eigenvalue weighted by Crippen LogP contribution is 2.26. The third-order valence-corrected chi connectivity index (χ3v) is 7.06. The summed E-state index contributed by atoms with van der Waals surface area (Å²) < 4.78 is 11.5. The SMILES string of the molecule is CC(C)(C)OC(=O)N(CCC(=O)N(CCN)CC1CCCCCC1)C[C@H](O)COc1cccc2ccccc12. The Morgan fingerprint density at radius 1 is 1.00 bits per heavy atom. The van der Waals surface area contributed by atoms with Crippen LogP contribution in [0.2, 0.25) is 0 Å². The topological polar surface area (TPSA) is 105 Å². The molecule has 0 heterocycles. The van der Waals surface area contributed by atoms with Crippen molar-refractivity contribution >= 4 is 22.8 Å². The second-order valence-electron chi connectivity index (χ2n) is 11.6. The molecule has 1 atom stereocenters. The summed E-state index contributed by atoms with van der Waals surface area (Å²) in [6, 6.07) is 13.7. The summed E-state index contributed by atoms with van der Waals surface area (Å²) in [4.78, 5) is 29.5. The van der Waals surface area contributed by atoms with Crippen molar-refractivity contribution in [2.45, 2.75) is 77.4 Å². The van der Waals surface area contributed by atoms with Gasteiger partial charge in [-0.15, -0.1) is 0 Å². The zero-order chi connectivity index (χ0) is 28.3. The van der Waals surface area contributed by atoms with Gasteiger partial charge in [-0.05, 0) is 51.0 Å². The van der Waals surface area contributed by atoms with Crippen LogP contribution in [-0.2, 0) is 9.53 Å². The maximum atomic E-state index is 13.2. The summed E-state index contributed by atoms with van der Waals surface area (Å²) in [5, 5.41) is 12.8. The highest BCUT2D eigenvalue weighted by Gasteiger charge is 2.26. The molecule has 0 spiro atoms. The molecule has 1 aliphatic carbocycles. The van der Waals surface area contributed by atoms with Gasteiger partial charge in [0.05, 0.1) is 6.54 Å². The Hall–Kier alpha value is -2.84. The number of carbonyl (C=O) groups is 2. The van der Waals surface area contributed by atoms with E-state index in [1.807, 2.05) is 47.4 Å². The first kappa shape index (κ1) is 30.7. The number of benzene rings is 2. The van der Waals surface area contributed by atoms with Crippen molar-refractivity contribution in [3.63, 3.8) is 0 Å². The van der Waals surface area contributed by atoms with E-state index in [9.17, 15) is 14.7 Å². The Kier molecular flexibility index (Phi) is 11.9. The van der Waals surface area contributed by atoms with Gasteiger partial charge < -0.3 is 30.1 Å². The summed E-state index contributed by atoms with van der Waals surface area (Å²) in [7, 11) is 0. The van der Waals surface area contributed by atoms with Crippen LogP contribution in [0.5, 0.6) is 5.75 Å². The molecule has 0 aliphatic heterocycles. The van der Waals surface area contributed by atoms with Crippen LogP contribution >= 0.6 is 0 Å². The summed E-state index contributed by atoms with van der Waals surface area (Å²) in [5.41, 5.74) is 5.13. The molecule has 0 saturated heterocycles. The van der Waals surface area contributed by atoms with Crippen LogP contribution in [0.3, 0.4) is 0 Å². The summed E-state index contributed by atoms with van der Waals surface area (Å²) in [6.45, 7) is 7.14. The zero-order valence-corrected chi connectivity index (χ0v) is 23.9. The molecule has 8 heteroatoms. The lowest BCUT2D eigenvalue weighted by molar-refractivity contribution is -0.132. The Morgan fingerprint density at radius 3 is 2.38 bits per heavy atom. The van der Waals surface area contributed by atoms with E-state index < -0.39 is 17.8 Å². The molecule has 2 amide bonds. The van der Waals surface area contributed by atoms with E-state index >= 15 is 0 Å². The number of aliphatic hydroxyl groups excluding tert-OH is 1. The molecule has 1 saturated carbocycles. The smallest absolute Gasteiger partial charge is 0.410 e. The molecule has 0 unspecified atom stereocenters. The molecule has 0 aromatic heterocycles. The van der Waals surface area contributed by atoms with Crippen LogP contribution in [0.4, 0.5) is 4.79 Å². The van der Waals surface area contributed by atoms with Gasteiger partial charge in [0.1, 0.15) is 24.1 Å². The van der Waals surface area contributed by atoms with Gasteiger partial charge in [0.25, 0.3) is 0 Å². The normalized spacial score (nSPS) is 15.4. The van der Waals surface area contributed by atoms with Crippen molar-refractivity contribution in [2.24, 2.45) is 11.7 Å². The molecule has 216 valence electrons. The summed E-state index contributed by atoms with van der Waals surface area (Å²) >= 11 is 0.